The van der Waals surface area contributed by atoms with Gasteiger partial charge in [-0.15, -0.1) is 0 Å². The van der Waals surface area contributed by atoms with E-state index in [9.17, 15) is 9.59 Å². The molecule has 40 heavy (non-hydrogen) atoms. The van der Waals surface area contributed by atoms with Gasteiger partial charge in [0.25, 0.3) is 11.5 Å². The van der Waals surface area contributed by atoms with Crippen LogP contribution in [0.5, 0.6) is 5.75 Å². The number of aromatic amines is 1. The Labute approximate surface area is 237 Å². The van der Waals surface area contributed by atoms with Gasteiger partial charge in [-0.25, -0.2) is 0 Å². The van der Waals surface area contributed by atoms with Gasteiger partial charge in [0.15, 0.2) is 0 Å². The number of H-pyrrole nitrogens is 1. The van der Waals surface area contributed by atoms with Crippen molar-refractivity contribution in [2.45, 2.75) is 97.2 Å². The third-order valence-electron chi connectivity index (χ3n) is 8.46. The Balaban J connectivity index is 1.30. The fraction of sp³-hybridized carbons (Fsp3) is 0.613. The number of rotatable bonds is 8. The molecule has 2 atom stereocenters. The number of nitrogens with one attached hydrogen (secondary N) is 3. The summed E-state index contributed by atoms with van der Waals surface area (Å²) in [5.74, 6) is 0.474. The van der Waals surface area contributed by atoms with Gasteiger partial charge in [-0.05, 0) is 70.7 Å². The Kier molecular flexibility index (Phi) is 8.83. The topological polar surface area (TPSA) is 105 Å². The van der Waals surface area contributed by atoms with E-state index in [1.165, 1.54) is 0 Å². The normalized spacial score (nSPS) is 25.7. The quantitative estimate of drug-likeness (QED) is 0.457. The minimum atomic E-state index is -0.222. The van der Waals surface area contributed by atoms with Crippen molar-refractivity contribution in [2.75, 3.05) is 31.6 Å². The standard InChI is InChI=1S/C31H44N4O5/c1-18-10-19(2)33-31(37)28(18)15-32-30(36)27-13-26(14-29(22(27)5)34-23-6-8-38-9-7-23)40-25-11-24(12-25)35-16-20(3)39-21(4)17-35/h10,13-14,20-21,23-25,34H,6-9,11-12,15-17H2,1-5H3,(H,32,36)(H,33,37)/t20-,21+,24-,25-. The number of nitrogens with zero attached hydrogens (tertiary/aromatic N) is 1. The summed E-state index contributed by atoms with van der Waals surface area (Å²) >= 11 is 0. The molecule has 3 aliphatic rings. The van der Waals surface area contributed by atoms with Gasteiger partial charge in [-0.3, -0.25) is 14.5 Å². The molecule has 2 aromatic rings. The fourth-order valence-corrected chi connectivity index (χ4v) is 6.21. The van der Waals surface area contributed by atoms with E-state index in [2.05, 4.69) is 34.4 Å². The van der Waals surface area contributed by atoms with Crippen molar-refractivity contribution in [1.29, 1.82) is 0 Å². The van der Waals surface area contributed by atoms with Crippen LogP contribution in [0.25, 0.3) is 0 Å². The highest BCUT2D eigenvalue weighted by Gasteiger charge is 2.38. The summed E-state index contributed by atoms with van der Waals surface area (Å²) < 4.78 is 17.9. The molecular formula is C31H44N4O5. The number of hydrogen-bond donors (Lipinski definition) is 3. The Morgan fingerprint density at radius 1 is 1.07 bits per heavy atom. The van der Waals surface area contributed by atoms with Gasteiger partial charge in [0, 0.05) is 86.3 Å². The maximum absolute atomic E-state index is 13.5. The van der Waals surface area contributed by atoms with Crippen LogP contribution in [0.3, 0.4) is 0 Å². The number of anilines is 1. The lowest BCUT2D eigenvalue weighted by molar-refractivity contribution is -0.103. The number of carbonyl (C=O) groups excluding carboxylic acids is 1. The van der Waals surface area contributed by atoms with Gasteiger partial charge in [-0.1, -0.05) is 0 Å². The van der Waals surface area contributed by atoms with E-state index in [0.717, 1.165) is 74.5 Å². The molecule has 1 aromatic heterocycles. The minimum absolute atomic E-state index is 0.113. The Morgan fingerprint density at radius 3 is 2.45 bits per heavy atom. The lowest BCUT2D eigenvalue weighted by Gasteiger charge is -2.46. The largest absolute Gasteiger partial charge is 0.490 e. The van der Waals surface area contributed by atoms with E-state index in [1.807, 2.05) is 39.0 Å². The molecule has 1 aromatic carbocycles. The van der Waals surface area contributed by atoms with Crippen LogP contribution < -0.4 is 20.9 Å². The molecule has 218 valence electrons. The first-order chi connectivity index (χ1) is 19.2. The summed E-state index contributed by atoms with van der Waals surface area (Å²) in [6, 6.07) is 6.58. The number of ether oxygens (including phenoxy) is 3. The monoisotopic (exact) mass is 552 g/mol. The highest BCUT2D eigenvalue weighted by Crippen LogP contribution is 2.35. The third-order valence-corrected chi connectivity index (χ3v) is 8.46. The fourth-order valence-electron chi connectivity index (χ4n) is 6.21. The van der Waals surface area contributed by atoms with E-state index < -0.39 is 0 Å². The minimum Gasteiger partial charge on any atom is -0.490 e. The number of carbonyl (C=O) groups is 1. The highest BCUT2D eigenvalue weighted by atomic mass is 16.5. The molecule has 0 radical (unpaired) electrons. The van der Waals surface area contributed by atoms with Crippen LogP contribution in [0.15, 0.2) is 23.0 Å². The Bertz CT molecular complexity index is 1260. The second kappa shape index (κ2) is 12.3. The zero-order valence-corrected chi connectivity index (χ0v) is 24.5. The van der Waals surface area contributed by atoms with Crippen LogP contribution in [0, 0.1) is 20.8 Å². The van der Waals surface area contributed by atoms with E-state index in [4.69, 9.17) is 14.2 Å². The molecular weight excluding hydrogens is 508 g/mol. The van der Waals surface area contributed by atoms with Gasteiger partial charge in [0.1, 0.15) is 11.9 Å². The summed E-state index contributed by atoms with van der Waals surface area (Å²) in [6.07, 6.45) is 4.38. The van der Waals surface area contributed by atoms with Crippen LogP contribution in [-0.4, -0.2) is 72.5 Å². The maximum atomic E-state index is 13.5. The van der Waals surface area contributed by atoms with Crippen LogP contribution in [-0.2, 0) is 16.0 Å². The molecule has 3 N–H and O–H groups in total. The first-order valence-corrected chi connectivity index (χ1v) is 14.7. The third kappa shape index (κ3) is 6.70. The first kappa shape index (κ1) is 28.6. The highest BCUT2D eigenvalue weighted by molar-refractivity contribution is 5.97. The summed E-state index contributed by atoms with van der Waals surface area (Å²) in [6.45, 7) is 13.5. The maximum Gasteiger partial charge on any atom is 0.253 e. The molecule has 9 heteroatoms. The number of morpholine rings is 1. The lowest BCUT2D eigenvalue weighted by Crippen LogP contribution is -2.56. The SMILES string of the molecule is Cc1cc(C)c(CNC(=O)c2cc(O[C@H]3C[C@H](N4C[C@@H](C)O[C@@H](C)C4)C3)cc(NC3CCOCC3)c2C)c(=O)[nH]1. The van der Waals surface area contributed by atoms with E-state index >= 15 is 0 Å². The number of hydrogen-bond acceptors (Lipinski definition) is 7. The van der Waals surface area contributed by atoms with Gasteiger partial charge >= 0.3 is 0 Å². The van der Waals surface area contributed by atoms with Crippen molar-refractivity contribution < 1.29 is 19.0 Å². The second-order valence-electron chi connectivity index (χ2n) is 11.9. The molecule has 2 aliphatic heterocycles. The van der Waals surface area contributed by atoms with E-state index in [0.29, 0.717) is 22.9 Å². The van der Waals surface area contributed by atoms with Crippen molar-refractivity contribution in [2.24, 2.45) is 0 Å². The van der Waals surface area contributed by atoms with Crippen LogP contribution in [0.4, 0.5) is 5.69 Å². The smallest absolute Gasteiger partial charge is 0.253 e. The number of pyridine rings is 1. The predicted molar refractivity (Wildman–Crippen MR) is 155 cm³/mol. The molecule has 5 rings (SSSR count). The van der Waals surface area contributed by atoms with Crippen LogP contribution >= 0.6 is 0 Å². The molecule has 3 fully saturated rings. The van der Waals surface area contributed by atoms with Crippen molar-refractivity contribution in [3.05, 3.63) is 56.5 Å². The summed E-state index contributed by atoms with van der Waals surface area (Å²) in [7, 11) is 0. The molecule has 9 nitrogen and oxygen atoms in total. The summed E-state index contributed by atoms with van der Waals surface area (Å²) in [4.78, 5) is 31.3. The van der Waals surface area contributed by atoms with Gasteiger partial charge in [0.05, 0.1) is 12.2 Å². The predicted octanol–water partition coefficient (Wildman–Crippen LogP) is 3.84. The van der Waals surface area contributed by atoms with Gasteiger partial charge in [0.2, 0.25) is 0 Å². The molecule has 1 aliphatic carbocycles. The molecule has 3 heterocycles. The Hall–Kier alpha value is -2.88. The molecule has 0 spiro atoms. The zero-order valence-electron chi connectivity index (χ0n) is 24.5. The number of aryl methyl sites for hydroxylation is 2. The number of benzene rings is 1. The lowest BCUT2D eigenvalue weighted by atomic mass is 9.87. The Morgan fingerprint density at radius 2 is 1.77 bits per heavy atom. The summed E-state index contributed by atoms with van der Waals surface area (Å²) in [5, 5.41) is 6.62. The molecule has 0 bridgehead atoms. The van der Waals surface area contributed by atoms with E-state index in [1.54, 1.807) is 0 Å². The van der Waals surface area contributed by atoms with Crippen molar-refractivity contribution >= 4 is 11.6 Å². The summed E-state index contributed by atoms with van der Waals surface area (Å²) in [5.41, 5.74) is 4.40. The van der Waals surface area contributed by atoms with Crippen LogP contribution in [0.1, 0.15) is 72.3 Å². The number of amides is 1. The van der Waals surface area contributed by atoms with Crippen molar-refractivity contribution in [3.8, 4) is 5.75 Å². The van der Waals surface area contributed by atoms with Crippen molar-refractivity contribution in [1.82, 2.24) is 15.2 Å². The van der Waals surface area contributed by atoms with Gasteiger partial charge in [-0.2, -0.15) is 0 Å². The average molecular weight is 553 g/mol. The average Bonchev–Trinajstić information content (AvgIpc) is 2.86. The molecule has 1 amide bonds. The van der Waals surface area contributed by atoms with Crippen LogP contribution in [0.2, 0.25) is 0 Å². The molecule has 1 saturated carbocycles. The van der Waals surface area contributed by atoms with E-state index in [-0.39, 0.29) is 42.4 Å². The molecule has 0 unspecified atom stereocenters. The molecule has 2 saturated heterocycles. The first-order valence-electron chi connectivity index (χ1n) is 14.7. The van der Waals surface area contributed by atoms with Gasteiger partial charge < -0.3 is 29.8 Å². The second-order valence-corrected chi connectivity index (χ2v) is 11.9. The number of aromatic nitrogens is 1. The zero-order chi connectivity index (χ0) is 28.4. The van der Waals surface area contributed by atoms with Crippen molar-refractivity contribution in [3.63, 3.8) is 0 Å².